The Morgan fingerprint density at radius 1 is 1.15 bits per heavy atom. The minimum Gasteiger partial charge on any atom is -0.393 e. The molecule has 0 aliphatic rings. The van der Waals surface area contributed by atoms with E-state index in [4.69, 9.17) is 4.74 Å². The van der Waals surface area contributed by atoms with Crippen molar-refractivity contribution in [1.82, 2.24) is 0 Å². The molecule has 13 heavy (non-hydrogen) atoms. The lowest BCUT2D eigenvalue weighted by Gasteiger charge is -2.16. The van der Waals surface area contributed by atoms with E-state index in [9.17, 15) is 5.11 Å². The Balaban J connectivity index is 3.42. The zero-order chi connectivity index (χ0) is 10.1. The largest absolute Gasteiger partial charge is 0.393 e. The summed E-state index contributed by atoms with van der Waals surface area (Å²) in [6.45, 7) is 7.79. The first-order valence-electron chi connectivity index (χ1n) is 5.50. The van der Waals surface area contributed by atoms with Gasteiger partial charge in [-0.25, -0.2) is 0 Å². The summed E-state index contributed by atoms with van der Waals surface area (Å²) in [5.74, 6) is 0.677. The number of aliphatic hydroxyl groups is 1. The first-order valence-corrected chi connectivity index (χ1v) is 5.50. The fourth-order valence-electron chi connectivity index (χ4n) is 1.49. The molecule has 0 spiro atoms. The van der Waals surface area contributed by atoms with Crippen LogP contribution in [0.25, 0.3) is 0 Å². The van der Waals surface area contributed by atoms with Gasteiger partial charge in [-0.1, -0.05) is 26.7 Å². The van der Waals surface area contributed by atoms with E-state index in [2.05, 4.69) is 13.8 Å². The number of rotatable bonds is 8. The van der Waals surface area contributed by atoms with Gasteiger partial charge in [0.05, 0.1) is 6.10 Å². The van der Waals surface area contributed by atoms with Gasteiger partial charge >= 0.3 is 0 Å². The van der Waals surface area contributed by atoms with Crippen molar-refractivity contribution in [2.24, 2.45) is 5.92 Å². The predicted octanol–water partition coefficient (Wildman–Crippen LogP) is 2.60. The van der Waals surface area contributed by atoms with E-state index in [-0.39, 0.29) is 6.10 Å². The highest BCUT2D eigenvalue weighted by Crippen LogP contribution is 2.16. The van der Waals surface area contributed by atoms with Gasteiger partial charge in [0, 0.05) is 13.2 Å². The molecule has 0 aromatic rings. The van der Waals surface area contributed by atoms with E-state index < -0.39 is 0 Å². The fraction of sp³-hybridized carbons (Fsp3) is 1.00. The second kappa shape index (κ2) is 8.52. The van der Waals surface area contributed by atoms with Crippen LogP contribution < -0.4 is 0 Å². The lowest BCUT2D eigenvalue weighted by Crippen LogP contribution is -2.15. The molecule has 0 rings (SSSR count). The lowest BCUT2D eigenvalue weighted by atomic mass is 9.95. The van der Waals surface area contributed by atoms with Gasteiger partial charge in [0.25, 0.3) is 0 Å². The summed E-state index contributed by atoms with van der Waals surface area (Å²) in [6, 6.07) is 0. The van der Waals surface area contributed by atoms with Gasteiger partial charge in [0.15, 0.2) is 0 Å². The van der Waals surface area contributed by atoms with Crippen LogP contribution in [-0.2, 0) is 4.74 Å². The molecule has 80 valence electrons. The Morgan fingerprint density at radius 3 is 2.23 bits per heavy atom. The third-order valence-corrected chi connectivity index (χ3v) is 2.56. The van der Waals surface area contributed by atoms with E-state index >= 15 is 0 Å². The van der Waals surface area contributed by atoms with Crippen LogP contribution in [0.1, 0.15) is 46.5 Å². The van der Waals surface area contributed by atoms with Crippen LogP contribution in [0.4, 0.5) is 0 Å². The van der Waals surface area contributed by atoms with Crippen molar-refractivity contribution < 1.29 is 9.84 Å². The minimum atomic E-state index is -0.170. The van der Waals surface area contributed by atoms with E-state index in [0.29, 0.717) is 12.5 Å². The second-order valence-corrected chi connectivity index (χ2v) is 3.56. The zero-order valence-electron chi connectivity index (χ0n) is 9.25. The summed E-state index contributed by atoms with van der Waals surface area (Å²) in [4.78, 5) is 0. The monoisotopic (exact) mass is 188 g/mol. The van der Waals surface area contributed by atoms with E-state index in [1.165, 1.54) is 12.8 Å². The molecule has 0 saturated heterocycles. The molecular weight excluding hydrogens is 164 g/mol. The normalized spacial score (nSPS) is 13.6. The summed E-state index contributed by atoms with van der Waals surface area (Å²) in [5, 5.41) is 9.63. The quantitative estimate of drug-likeness (QED) is 0.593. The van der Waals surface area contributed by atoms with Crippen molar-refractivity contribution in [2.45, 2.75) is 52.6 Å². The second-order valence-electron chi connectivity index (χ2n) is 3.56. The first kappa shape index (κ1) is 12.9. The third kappa shape index (κ3) is 7.03. The maximum Gasteiger partial charge on any atom is 0.0564 e. The molecule has 2 nitrogen and oxygen atoms in total. The van der Waals surface area contributed by atoms with Crippen LogP contribution in [0.2, 0.25) is 0 Å². The zero-order valence-corrected chi connectivity index (χ0v) is 9.25. The van der Waals surface area contributed by atoms with Crippen LogP contribution in [0, 0.1) is 5.92 Å². The number of hydrogen-bond donors (Lipinski definition) is 1. The molecule has 0 aromatic carbocycles. The van der Waals surface area contributed by atoms with Crippen molar-refractivity contribution in [3.63, 3.8) is 0 Å². The van der Waals surface area contributed by atoms with Gasteiger partial charge in [-0.3, -0.25) is 0 Å². The highest BCUT2D eigenvalue weighted by atomic mass is 16.5. The smallest absolute Gasteiger partial charge is 0.0564 e. The molecule has 0 bridgehead atoms. The molecule has 0 amide bonds. The Morgan fingerprint density at radius 2 is 1.77 bits per heavy atom. The van der Waals surface area contributed by atoms with Crippen LogP contribution in [-0.4, -0.2) is 24.4 Å². The van der Waals surface area contributed by atoms with Crippen LogP contribution in [0.15, 0.2) is 0 Å². The molecule has 1 unspecified atom stereocenters. The van der Waals surface area contributed by atoms with Crippen molar-refractivity contribution in [1.29, 1.82) is 0 Å². The first-order chi connectivity index (χ1) is 6.24. The molecule has 0 radical (unpaired) electrons. The number of aliphatic hydroxyl groups excluding tert-OH is 1. The van der Waals surface area contributed by atoms with Gasteiger partial charge < -0.3 is 9.84 Å². The molecular formula is C11H24O2. The van der Waals surface area contributed by atoms with Gasteiger partial charge in [-0.15, -0.1) is 0 Å². The van der Waals surface area contributed by atoms with Gasteiger partial charge in [0.1, 0.15) is 0 Å². The van der Waals surface area contributed by atoms with Crippen molar-refractivity contribution in [3.8, 4) is 0 Å². The molecule has 0 saturated carbocycles. The van der Waals surface area contributed by atoms with E-state index in [0.717, 1.165) is 19.4 Å². The molecule has 0 aliphatic carbocycles. The van der Waals surface area contributed by atoms with Crippen molar-refractivity contribution in [3.05, 3.63) is 0 Å². The summed E-state index contributed by atoms with van der Waals surface area (Å²) >= 11 is 0. The van der Waals surface area contributed by atoms with E-state index in [1.54, 1.807) is 0 Å². The van der Waals surface area contributed by atoms with Gasteiger partial charge in [-0.2, -0.15) is 0 Å². The Kier molecular flexibility index (Phi) is 8.46. The average molecular weight is 188 g/mol. The maximum atomic E-state index is 9.63. The Bertz CT molecular complexity index is 100. The Hall–Kier alpha value is -0.0800. The molecule has 0 heterocycles. The third-order valence-electron chi connectivity index (χ3n) is 2.56. The fourth-order valence-corrected chi connectivity index (χ4v) is 1.49. The predicted molar refractivity (Wildman–Crippen MR) is 55.8 cm³/mol. The summed E-state index contributed by atoms with van der Waals surface area (Å²) in [5.41, 5.74) is 0. The molecule has 2 heteroatoms. The SMILES string of the molecule is CCOCCC(O)CC(CC)CC. The van der Waals surface area contributed by atoms with Crippen LogP contribution >= 0.6 is 0 Å². The van der Waals surface area contributed by atoms with Crippen LogP contribution in [0.5, 0.6) is 0 Å². The van der Waals surface area contributed by atoms with Crippen molar-refractivity contribution in [2.75, 3.05) is 13.2 Å². The maximum absolute atomic E-state index is 9.63. The van der Waals surface area contributed by atoms with E-state index in [1.807, 2.05) is 6.92 Å². The minimum absolute atomic E-state index is 0.170. The van der Waals surface area contributed by atoms with Gasteiger partial charge in [-0.05, 0) is 25.7 Å². The molecule has 1 N–H and O–H groups in total. The molecule has 1 atom stereocenters. The van der Waals surface area contributed by atoms with Crippen LogP contribution in [0.3, 0.4) is 0 Å². The summed E-state index contributed by atoms with van der Waals surface area (Å²) < 4.78 is 5.19. The average Bonchev–Trinajstić information content (AvgIpc) is 2.14. The molecule has 0 aromatic heterocycles. The number of hydrogen-bond acceptors (Lipinski definition) is 2. The topological polar surface area (TPSA) is 29.5 Å². The number of ether oxygens (including phenoxy) is 1. The standard InChI is InChI=1S/C11H24O2/c1-4-10(5-2)9-11(12)7-8-13-6-3/h10-12H,4-9H2,1-3H3. The molecule has 0 aliphatic heterocycles. The highest BCUT2D eigenvalue weighted by Gasteiger charge is 2.10. The molecule has 0 fully saturated rings. The van der Waals surface area contributed by atoms with Crippen molar-refractivity contribution >= 4 is 0 Å². The summed E-state index contributed by atoms with van der Waals surface area (Å²) in [6.07, 6.45) is 3.88. The lowest BCUT2D eigenvalue weighted by molar-refractivity contribution is 0.0740. The highest BCUT2D eigenvalue weighted by molar-refractivity contribution is 4.62. The van der Waals surface area contributed by atoms with Gasteiger partial charge in [0.2, 0.25) is 0 Å². The Labute approximate surface area is 82.3 Å². The summed E-state index contributed by atoms with van der Waals surface area (Å²) in [7, 11) is 0.